The molecule has 0 bridgehead atoms. The molecule has 0 radical (unpaired) electrons. The molecule has 0 amide bonds. The maximum atomic E-state index is 14.0. The van der Waals surface area contributed by atoms with Crippen LogP contribution in [0.2, 0.25) is 0 Å². The van der Waals surface area contributed by atoms with E-state index in [4.69, 9.17) is 12.2 Å². The second kappa shape index (κ2) is 5.19. The normalized spacial score (nSPS) is 11.2. The second-order valence-electron chi connectivity index (χ2n) is 4.14. The van der Waals surface area contributed by atoms with Crippen molar-refractivity contribution in [2.24, 2.45) is 0 Å². The van der Waals surface area contributed by atoms with Crippen molar-refractivity contribution in [1.29, 1.82) is 0 Å². The standard InChI is InChI=1S/C13H6BrF2IN2S/c14-7-4-12(9(16)5-8(7)15)19-11-2-1-6(17)3-10(11)18-13(19)20/h1-5H,(H,18,20). The van der Waals surface area contributed by atoms with Gasteiger partial charge in [-0.3, -0.25) is 4.57 Å². The Morgan fingerprint density at radius 3 is 2.65 bits per heavy atom. The van der Waals surface area contributed by atoms with Gasteiger partial charge in [0.25, 0.3) is 0 Å². The Balaban J connectivity index is 2.38. The van der Waals surface area contributed by atoms with Crippen LogP contribution < -0.4 is 0 Å². The average Bonchev–Trinajstić information content (AvgIpc) is 2.69. The van der Waals surface area contributed by atoms with E-state index in [2.05, 4.69) is 43.5 Å². The molecule has 0 saturated heterocycles. The van der Waals surface area contributed by atoms with Gasteiger partial charge in [0, 0.05) is 9.64 Å². The predicted molar refractivity (Wildman–Crippen MR) is 88.8 cm³/mol. The molecule has 2 aromatic carbocycles. The van der Waals surface area contributed by atoms with Crippen molar-refractivity contribution < 1.29 is 8.78 Å². The zero-order chi connectivity index (χ0) is 14.4. The number of aromatic amines is 1. The van der Waals surface area contributed by atoms with Gasteiger partial charge >= 0.3 is 0 Å². The summed E-state index contributed by atoms with van der Waals surface area (Å²) in [5.41, 5.74) is 1.75. The summed E-state index contributed by atoms with van der Waals surface area (Å²) in [7, 11) is 0. The molecule has 3 aromatic rings. The topological polar surface area (TPSA) is 20.7 Å². The highest BCUT2D eigenvalue weighted by atomic mass is 127. The fraction of sp³-hybridized carbons (Fsp3) is 0. The zero-order valence-corrected chi connectivity index (χ0v) is 14.3. The first-order chi connectivity index (χ1) is 9.47. The first-order valence-electron chi connectivity index (χ1n) is 5.52. The lowest BCUT2D eigenvalue weighted by Gasteiger charge is -2.07. The Bertz CT molecular complexity index is 888. The number of H-pyrrole nitrogens is 1. The Labute approximate surface area is 140 Å². The van der Waals surface area contributed by atoms with Gasteiger partial charge in [-0.15, -0.1) is 0 Å². The minimum atomic E-state index is -0.666. The van der Waals surface area contributed by atoms with Gasteiger partial charge in [-0.2, -0.15) is 0 Å². The van der Waals surface area contributed by atoms with Crippen LogP contribution in [0, 0.1) is 20.0 Å². The SMILES string of the molecule is Fc1cc(F)c(-n2c(=S)[nH]c3cc(I)ccc32)cc1Br. The Kier molecular flexibility index (Phi) is 3.67. The number of benzene rings is 2. The van der Waals surface area contributed by atoms with E-state index in [1.54, 1.807) is 4.57 Å². The molecule has 102 valence electrons. The number of rotatable bonds is 1. The number of fused-ring (bicyclic) bond motifs is 1. The Hall–Kier alpha value is -0.800. The maximum Gasteiger partial charge on any atom is 0.182 e. The van der Waals surface area contributed by atoms with Crippen LogP contribution in [0.15, 0.2) is 34.8 Å². The van der Waals surface area contributed by atoms with Crippen molar-refractivity contribution in [2.75, 3.05) is 0 Å². The van der Waals surface area contributed by atoms with Crippen LogP contribution in [0.3, 0.4) is 0 Å². The summed E-state index contributed by atoms with van der Waals surface area (Å²) in [4.78, 5) is 3.02. The zero-order valence-electron chi connectivity index (χ0n) is 9.75. The van der Waals surface area contributed by atoms with Crippen LogP contribution in [0.25, 0.3) is 16.7 Å². The molecule has 0 aliphatic carbocycles. The van der Waals surface area contributed by atoms with Gasteiger partial charge in [-0.1, -0.05) is 0 Å². The average molecular weight is 467 g/mol. The third-order valence-electron chi connectivity index (χ3n) is 2.87. The summed E-state index contributed by atoms with van der Waals surface area (Å²) in [5.74, 6) is -1.31. The van der Waals surface area contributed by atoms with E-state index in [1.807, 2.05) is 18.2 Å². The second-order valence-corrected chi connectivity index (χ2v) is 6.63. The molecule has 0 unspecified atom stereocenters. The molecular formula is C13H6BrF2IN2S. The lowest BCUT2D eigenvalue weighted by atomic mass is 10.2. The van der Waals surface area contributed by atoms with Gasteiger partial charge < -0.3 is 4.98 Å². The van der Waals surface area contributed by atoms with Crippen LogP contribution in [-0.4, -0.2) is 9.55 Å². The van der Waals surface area contributed by atoms with E-state index in [1.165, 1.54) is 6.07 Å². The van der Waals surface area contributed by atoms with Crippen LogP contribution in [0.4, 0.5) is 8.78 Å². The van der Waals surface area contributed by atoms with Gasteiger partial charge in [-0.05, 0) is 75.0 Å². The maximum absolute atomic E-state index is 14.0. The molecule has 2 nitrogen and oxygen atoms in total. The Morgan fingerprint density at radius 1 is 1.15 bits per heavy atom. The molecule has 20 heavy (non-hydrogen) atoms. The number of nitrogens with zero attached hydrogens (tertiary/aromatic N) is 1. The number of halogens is 4. The molecule has 1 aromatic heterocycles. The molecule has 0 aliphatic rings. The van der Waals surface area contributed by atoms with Crippen molar-refractivity contribution >= 4 is 61.8 Å². The van der Waals surface area contributed by atoms with E-state index in [0.717, 1.165) is 20.7 Å². The highest BCUT2D eigenvalue weighted by Crippen LogP contribution is 2.27. The monoisotopic (exact) mass is 466 g/mol. The molecular weight excluding hydrogens is 461 g/mol. The third kappa shape index (κ3) is 2.31. The van der Waals surface area contributed by atoms with Crippen LogP contribution in [-0.2, 0) is 0 Å². The summed E-state index contributed by atoms with van der Waals surface area (Å²) in [6.45, 7) is 0. The summed E-state index contributed by atoms with van der Waals surface area (Å²) in [6.07, 6.45) is 0. The molecule has 0 fully saturated rings. The van der Waals surface area contributed by atoms with Crippen molar-refractivity contribution in [2.45, 2.75) is 0 Å². The van der Waals surface area contributed by atoms with Gasteiger partial charge in [0.15, 0.2) is 4.77 Å². The number of imidazole rings is 1. The summed E-state index contributed by atoms with van der Waals surface area (Å²) < 4.78 is 30.5. The lowest BCUT2D eigenvalue weighted by Crippen LogP contribution is -1.99. The van der Waals surface area contributed by atoms with Crippen LogP contribution >= 0.6 is 50.7 Å². The van der Waals surface area contributed by atoms with Gasteiger partial charge in [-0.25, -0.2) is 8.78 Å². The first-order valence-corrected chi connectivity index (χ1v) is 7.80. The summed E-state index contributed by atoms with van der Waals surface area (Å²) >= 11 is 10.5. The van der Waals surface area contributed by atoms with E-state index in [-0.39, 0.29) is 10.2 Å². The number of hydrogen-bond acceptors (Lipinski definition) is 1. The number of aromatic nitrogens is 2. The van der Waals surface area contributed by atoms with Crippen molar-refractivity contribution in [3.63, 3.8) is 0 Å². The molecule has 1 heterocycles. The van der Waals surface area contributed by atoms with E-state index < -0.39 is 11.6 Å². The predicted octanol–water partition coefficient (Wildman–Crippen LogP) is 5.33. The van der Waals surface area contributed by atoms with Gasteiger partial charge in [0.05, 0.1) is 21.2 Å². The number of hydrogen-bond donors (Lipinski definition) is 1. The van der Waals surface area contributed by atoms with Crippen molar-refractivity contribution in [3.05, 3.63) is 54.8 Å². The first kappa shape index (κ1) is 14.2. The number of nitrogens with one attached hydrogen (secondary N) is 1. The summed E-state index contributed by atoms with van der Waals surface area (Å²) in [5, 5.41) is 0. The van der Waals surface area contributed by atoms with Gasteiger partial charge in [0.2, 0.25) is 0 Å². The lowest BCUT2D eigenvalue weighted by molar-refractivity contribution is 0.574. The minimum absolute atomic E-state index is 0.190. The van der Waals surface area contributed by atoms with E-state index in [0.29, 0.717) is 4.77 Å². The molecule has 1 N–H and O–H groups in total. The van der Waals surface area contributed by atoms with E-state index >= 15 is 0 Å². The summed E-state index contributed by atoms with van der Waals surface area (Å²) in [6, 6.07) is 7.88. The Morgan fingerprint density at radius 2 is 1.90 bits per heavy atom. The molecule has 0 saturated carbocycles. The smallest absolute Gasteiger partial charge is 0.182 e. The molecule has 3 rings (SSSR count). The largest absolute Gasteiger partial charge is 0.330 e. The van der Waals surface area contributed by atoms with Crippen LogP contribution in [0.1, 0.15) is 0 Å². The van der Waals surface area contributed by atoms with Gasteiger partial charge in [0.1, 0.15) is 11.6 Å². The minimum Gasteiger partial charge on any atom is -0.330 e. The quantitative estimate of drug-likeness (QED) is 0.292. The third-order valence-corrected chi connectivity index (χ3v) is 4.44. The fourth-order valence-electron chi connectivity index (χ4n) is 2.01. The highest BCUT2D eigenvalue weighted by molar-refractivity contribution is 14.1. The van der Waals surface area contributed by atoms with Crippen molar-refractivity contribution in [1.82, 2.24) is 9.55 Å². The molecule has 0 aliphatic heterocycles. The van der Waals surface area contributed by atoms with Crippen molar-refractivity contribution in [3.8, 4) is 5.69 Å². The van der Waals surface area contributed by atoms with Crippen LogP contribution in [0.5, 0.6) is 0 Å². The fourth-order valence-corrected chi connectivity index (χ4v) is 3.14. The molecule has 0 atom stereocenters. The molecule has 7 heteroatoms. The van der Waals surface area contributed by atoms with E-state index in [9.17, 15) is 8.78 Å². The molecule has 0 spiro atoms. The highest BCUT2D eigenvalue weighted by Gasteiger charge is 2.14.